The molecule has 34 heteroatoms. The second-order valence-electron chi connectivity index (χ2n) is 26.5. The first kappa shape index (κ1) is 84.2. The molecule has 2 aromatic rings. The summed E-state index contributed by atoms with van der Waals surface area (Å²) < 4.78 is 71.9. The van der Waals surface area contributed by atoms with Gasteiger partial charge in [-0.25, -0.2) is 8.42 Å². The van der Waals surface area contributed by atoms with E-state index in [1.165, 1.54) is 59.7 Å². The zero-order chi connectivity index (χ0) is 75.4. The normalized spacial score (nSPS) is 16.4. The predicted octanol–water partition coefficient (Wildman–Crippen LogP) is 3.94. The van der Waals surface area contributed by atoms with E-state index in [4.69, 9.17) is 5.73 Å². The van der Waals surface area contributed by atoms with Crippen LogP contribution in [0.1, 0.15) is 158 Å². The maximum Gasteiger partial charge on any atom is 0.305 e. The molecule has 0 fully saturated rings. The minimum Gasteiger partial charge on any atom is -0.744 e. The highest BCUT2D eigenvalue weighted by molar-refractivity contribution is 8.77. The molecule has 2 aliphatic rings. The minimum absolute atomic E-state index is 0.00209. The van der Waals surface area contributed by atoms with Crippen LogP contribution in [-0.2, 0) is 83.8 Å². The maximum atomic E-state index is 13.9. The van der Waals surface area contributed by atoms with Crippen LogP contribution in [0.5, 0.6) is 0 Å². The SMILES string of the molecule is CCN1/C(=C/C=C/C=C/C2=[N+](CCCCCC(=O)NCCCC[C@H](NC(=O)[C@H](CC(=O)O)NC(=O)[C@@H](NC(=O)[C@H](CCC(=O)O)NC(=O)[C@H](CC(=O)O)NC(=O)[C@H](CSSC(C)(C)C)NC(C)=O)C(C)C)C(N)=O)c3ccc(S(=O)(=O)O)cc3C2(C)C)C(C)(C)c2cc(S(=O)(=O)[O-])ccc21. The number of benzene rings is 2. The number of carbonyl (C=O) groups is 11. The third kappa shape index (κ3) is 25.2. The van der Waals surface area contributed by atoms with Crippen LogP contribution in [0.25, 0.3) is 0 Å². The van der Waals surface area contributed by atoms with Crippen molar-refractivity contribution in [1.29, 1.82) is 0 Å². The maximum absolute atomic E-state index is 13.9. The van der Waals surface area contributed by atoms with E-state index in [1.54, 1.807) is 12.1 Å². The molecule has 0 saturated carbocycles. The summed E-state index contributed by atoms with van der Waals surface area (Å²) in [5.41, 5.74) is 8.86. The molecular weight excluding hydrogens is 1380 g/mol. The molecule has 2 heterocycles. The lowest BCUT2D eigenvalue weighted by atomic mass is 9.81. The van der Waals surface area contributed by atoms with Crippen LogP contribution >= 0.6 is 21.6 Å². The molecule has 552 valence electrons. The van der Waals surface area contributed by atoms with Crippen molar-refractivity contribution in [2.45, 2.75) is 208 Å². The molecule has 13 N–H and O–H groups in total. The van der Waals surface area contributed by atoms with E-state index in [9.17, 15) is 94.0 Å². The number of nitrogens with one attached hydrogen (secondary N) is 7. The van der Waals surface area contributed by atoms with Gasteiger partial charge < -0.3 is 67.7 Å². The number of amides is 8. The van der Waals surface area contributed by atoms with Crippen LogP contribution in [0.3, 0.4) is 0 Å². The lowest BCUT2D eigenvalue weighted by molar-refractivity contribution is -0.438. The zero-order valence-corrected chi connectivity index (χ0v) is 61.2. The summed E-state index contributed by atoms with van der Waals surface area (Å²) in [5, 5.41) is 45.7. The molecule has 0 aliphatic carbocycles. The molecule has 30 nitrogen and oxygen atoms in total. The summed E-state index contributed by atoms with van der Waals surface area (Å²) >= 11 is 0. The van der Waals surface area contributed by atoms with Gasteiger partial charge in [0.1, 0.15) is 52.9 Å². The number of allylic oxidation sites excluding steroid dienone is 6. The highest BCUT2D eigenvalue weighted by Crippen LogP contribution is 2.48. The van der Waals surface area contributed by atoms with Gasteiger partial charge in [-0.15, -0.1) is 0 Å². The Morgan fingerprint density at radius 2 is 1.23 bits per heavy atom. The zero-order valence-electron chi connectivity index (χ0n) is 57.9. The number of hydrogen-bond acceptors (Lipinski definition) is 19. The Morgan fingerprint density at radius 3 is 1.78 bits per heavy atom. The Kier molecular flexibility index (Phi) is 31.1. The van der Waals surface area contributed by atoms with Crippen molar-refractivity contribution in [3.05, 3.63) is 83.6 Å². The van der Waals surface area contributed by atoms with Crippen molar-refractivity contribution in [3.63, 3.8) is 0 Å². The van der Waals surface area contributed by atoms with Gasteiger partial charge >= 0.3 is 17.9 Å². The highest BCUT2D eigenvalue weighted by Gasteiger charge is 2.45. The average molecular weight is 1480 g/mol. The number of anilines is 1. The van der Waals surface area contributed by atoms with E-state index in [-0.39, 0.29) is 52.0 Å². The first-order valence-electron chi connectivity index (χ1n) is 32.4. The van der Waals surface area contributed by atoms with Gasteiger partial charge in [-0.3, -0.25) is 57.3 Å². The van der Waals surface area contributed by atoms with Crippen LogP contribution in [0.2, 0.25) is 0 Å². The number of primary amides is 1. The Morgan fingerprint density at radius 1 is 0.660 bits per heavy atom. The van der Waals surface area contributed by atoms with E-state index in [1.807, 2.05) is 90.7 Å². The second-order valence-corrected chi connectivity index (χ2v) is 32.5. The van der Waals surface area contributed by atoms with Gasteiger partial charge in [-0.05, 0) is 107 Å². The number of likely N-dealkylation sites (N-methyl/N-ethyl adjacent to an activating group) is 1. The number of hydrogen-bond donors (Lipinski definition) is 12. The summed E-state index contributed by atoms with van der Waals surface area (Å²) in [6.45, 7) is 20.7. The summed E-state index contributed by atoms with van der Waals surface area (Å²) in [6.07, 6.45) is 8.26. The van der Waals surface area contributed by atoms with Crippen molar-refractivity contribution >= 4 is 124 Å². The summed E-state index contributed by atoms with van der Waals surface area (Å²) in [4.78, 5) is 143. The number of carbonyl (C=O) groups excluding carboxylic acids is 8. The number of carboxylic acids is 3. The molecule has 2 aliphatic heterocycles. The number of nitrogens with two attached hydrogens (primary N) is 1. The smallest absolute Gasteiger partial charge is 0.305 e. The number of unbranched alkanes of at least 4 members (excludes halogenated alkanes) is 3. The van der Waals surface area contributed by atoms with Gasteiger partial charge in [0.05, 0.1) is 28.0 Å². The number of nitrogens with zero attached hydrogens (tertiary/aromatic N) is 2. The fraction of sp³-hybridized carbons (Fsp3) is 0.545. The molecule has 4 rings (SSSR count). The van der Waals surface area contributed by atoms with Gasteiger partial charge in [0, 0.05) is 84.3 Å². The lowest BCUT2D eigenvalue weighted by Gasteiger charge is -2.28. The van der Waals surface area contributed by atoms with E-state index in [0.717, 1.165) is 29.7 Å². The molecule has 2 aromatic carbocycles. The Hall–Kier alpha value is -8.18. The second kappa shape index (κ2) is 36.9. The molecular formula is C66H94N10O20S4. The van der Waals surface area contributed by atoms with Crippen LogP contribution in [0.15, 0.2) is 82.3 Å². The van der Waals surface area contributed by atoms with Crippen molar-refractivity contribution < 1.29 is 98.6 Å². The van der Waals surface area contributed by atoms with Gasteiger partial charge in [0.15, 0.2) is 5.71 Å². The third-order valence-corrected chi connectivity index (χ3v) is 21.4. The van der Waals surface area contributed by atoms with E-state index in [0.29, 0.717) is 49.9 Å². The lowest BCUT2D eigenvalue weighted by Crippen LogP contribution is -2.61. The van der Waals surface area contributed by atoms with E-state index in [2.05, 4.69) is 41.8 Å². The first-order chi connectivity index (χ1) is 46.4. The van der Waals surface area contributed by atoms with Crippen molar-refractivity contribution in [1.82, 2.24) is 37.2 Å². The van der Waals surface area contributed by atoms with Crippen LogP contribution in [0.4, 0.5) is 11.4 Å². The number of aliphatic carboxylic acids is 3. The van der Waals surface area contributed by atoms with E-state index >= 15 is 0 Å². The average Bonchev–Trinajstić information content (AvgIpc) is 1.60. The molecule has 0 radical (unpaired) electrons. The molecule has 0 unspecified atom stereocenters. The van der Waals surface area contributed by atoms with Crippen molar-refractivity contribution in [2.75, 3.05) is 30.3 Å². The largest absolute Gasteiger partial charge is 0.744 e. The van der Waals surface area contributed by atoms with Gasteiger partial charge in [-0.1, -0.05) is 88.3 Å². The summed E-state index contributed by atoms with van der Waals surface area (Å²) in [5.74, 6) is -12.9. The van der Waals surface area contributed by atoms with Gasteiger partial charge in [0.25, 0.3) is 10.1 Å². The predicted molar refractivity (Wildman–Crippen MR) is 374 cm³/mol. The quantitative estimate of drug-likeness (QED) is 0.0148. The van der Waals surface area contributed by atoms with Crippen LogP contribution in [-0.4, -0.2) is 183 Å². The minimum atomic E-state index is -4.68. The van der Waals surface area contributed by atoms with Crippen molar-refractivity contribution in [3.8, 4) is 0 Å². The third-order valence-electron chi connectivity index (χ3n) is 16.3. The molecule has 0 bridgehead atoms. The van der Waals surface area contributed by atoms with Crippen LogP contribution in [0, 0.1) is 5.92 Å². The fourth-order valence-corrected chi connectivity index (χ4v) is 14.7. The molecule has 8 amide bonds. The molecule has 100 heavy (non-hydrogen) atoms. The number of fused-ring (bicyclic) bond motifs is 2. The number of rotatable bonds is 40. The summed E-state index contributed by atoms with van der Waals surface area (Å²) in [6, 6.07) is -0.955. The summed E-state index contributed by atoms with van der Waals surface area (Å²) in [7, 11) is -6.60. The Balaban J connectivity index is 1.36. The molecule has 0 spiro atoms. The van der Waals surface area contributed by atoms with E-state index < -0.39 is 158 Å². The number of carboxylic acid groups (broad SMARTS) is 3. The fourth-order valence-electron chi connectivity index (χ4n) is 11.3. The standard InChI is InChI=1S/C66H94N10O20S4/c1-12-75-49-28-25-40(99(91,92)93)33-42(49)65(8,9)51(75)22-15-13-16-23-52-66(10,11)43-34-41(100(94,95)96)26-29-50(43)76(52)32-20-14-17-24-53(78)68-31-19-18-21-44(58(67)85)70-60(87)47(36-56(83)84)73-63(90)57(38(2)3)74-59(86)45(27-30-54(79)80)71-61(88)46(35-55(81)82)72-62(89)48(69-39(4)77)37-97-98-64(5,6)7/h13,15-16,22-23,25-26,28-29,33-34,38,44-48,57H,12,14,17-21,24,27,30-32,35-37H2,1-11H3,(H13-,67,68,69,70,71,72,73,74,77,78,79,80,81,82,83,84,85,86,87,88,89,90,91,92,93,94,95,96)/t44-,45-,46-,47-,48-,57-/m0/s1. The first-order valence-corrected chi connectivity index (χ1v) is 37.6. The molecule has 6 atom stereocenters. The van der Waals surface area contributed by atoms with Gasteiger partial charge in [0.2, 0.25) is 52.9 Å². The Bertz CT molecular complexity index is 3770. The highest BCUT2D eigenvalue weighted by atomic mass is 33.1. The molecule has 0 aromatic heterocycles. The van der Waals surface area contributed by atoms with Crippen LogP contribution < -0.4 is 47.9 Å². The Labute approximate surface area is 590 Å². The molecule has 0 saturated heterocycles. The topological polar surface area (TPSA) is 477 Å². The van der Waals surface area contributed by atoms with Crippen molar-refractivity contribution in [2.24, 2.45) is 11.7 Å². The monoisotopic (exact) mass is 1470 g/mol. The van der Waals surface area contributed by atoms with Gasteiger partial charge in [-0.2, -0.15) is 13.0 Å².